The summed E-state index contributed by atoms with van der Waals surface area (Å²) in [6.45, 7) is 1.08. The normalized spacial score (nSPS) is 12.4. The summed E-state index contributed by atoms with van der Waals surface area (Å²) in [5.41, 5.74) is 1.98. The molecule has 3 nitrogen and oxygen atoms in total. The number of hydrogen-bond acceptors (Lipinski definition) is 3. The maximum atomic E-state index is 12.2. The summed E-state index contributed by atoms with van der Waals surface area (Å²) in [6, 6.07) is 18.0. The second-order valence-electron chi connectivity index (χ2n) is 5.45. The standard InChI is InChI=1S/C18H21BrN2O/c1-21(2)17(14-6-4-3-5-7-14)12-20-13-18(22)15-8-10-16(19)11-9-15/h3-11,17,20H,12-13H2,1-2H3. The monoisotopic (exact) mass is 360 g/mol. The van der Waals surface area contributed by atoms with Crippen LogP contribution in [0, 0.1) is 0 Å². The molecule has 0 amide bonds. The van der Waals surface area contributed by atoms with Crippen molar-refractivity contribution < 1.29 is 4.79 Å². The van der Waals surface area contributed by atoms with E-state index in [1.54, 1.807) is 0 Å². The Hall–Kier alpha value is -1.49. The number of benzene rings is 2. The quantitative estimate of drug-likeness (QED) is 0.766. The maximum Gasteiger partial charge on any atom is 0.176 e. The van der Waals surface area contributed by atoms with Crippen LogP contribution < -0.4 is 5.32 Å². The fourth-order valence-electron chi connectivity index (χ4n) is 2.33. The van der Waals surface area contributed by atoms with Gasteiger partial charge in [0.25, 0.3) is 0 Å². The van der Waals surface area contributed by atoms with Crippen LogP contribution in [-0.4, -0.2) is 37.9 Å². The van der Waals surface area contributed by atoms with Crippen molar-refractivity contribution >= 4 is 21.7 Å². The van der Waals surface area contributed by atoms with Crippen LogP contribution in [0.4, 0.5) is 0 Å². The Balaban J connectivity index is 1.91. The van der Waals surface area contributed by atoms with Crippen molar-refractivity contribution in [2.45, 2.75) is 6.04 Å². The predicted octanol–water partition coefficient (Wildman–Crippen LogP) is 3.52. The second kappa shape index (κ2) is 8.22. The van der Waals surface area contributed by atoms with Gasteiger partial charge < -0.3 is 10.2 Å². The van der Waals surface area contributed by atoms with Gasteiger partial charge in [-0.1, -0.05) is 58.4 Å². The van der Waals surface area contributed by atoms with Gasteiger partial charge in [0.05, 0.1) is 6.54 Å². The molecule has 0 saturated carbocycles. The van der Waals surface area contributed by atoms with Crippen LogP contribution in [0.3, 0.4) is 0 Å². The lowest BCUT2D eigenvalue weighted by Gasteiger charge is -2.25. The Labute approximate surface area is 140 Å². The van der Waals surface area contributed by atoms with Crippen molar-refractivity contribution in [3.8, 4) is 0 Å². The molecule has 0 spiro atoms. The Bertz CT molecular complexity index is 596. The molecule has 0 heterocycles. The average Bonchev–Trinajstić information content (AvgIpc) is 2.52. The topological polar surface area (TPSA) is 32.3 Å². The predicted molar refractivity (Wildman–Crippen MR) is 94.2 cm³/mol. The summed E-state index contributed by atoms with van der Waals surface area (Å²) < 4.78 is 0.980. The van der Waals surface area contributed by atoms with E-state index in [1.165, 1.54) is 5.56 Å². The first-order valence-corrected chi connectivity index (χ1v) is 8.08. The lowest BCUT2D eigenvalue weighted by atomic mass is 10.1. The summed E-state index contributed by atoms with van der Waals surface area (Å²) >= 11 is 3.38. The van der Waals surface area contributed by atoms with Crippen LogP contribution >= 0.6 is 15.9 Å². The third-order valence-corrected chi connectivity index (χ3v) is 4.13. The molecule has 0 aliphatic rings. The van der Waals surface area contributed by atoms with Crippen molar-refractivity contribution in [2.75, 3.05) is 27.2 Å². The van der Waals surface area contributed by atoms with Crippen molar-refractivity contribution in [2.24, 2.45) is 0 Å². The summed E-state index contributed by atoms with van der Waals surface area (Å²) in [6.07, 6.45) is 0. The van der Waals surface area contributed by atoms with Gasteiger partial charge in [0.2, 0.25) is 0 Å². The highest BCUT2D eigenvalue weighted by Crippen LogP contribution is 2.16. The van der Waals surface area contributed by atoms with Gasteiger partial charge in [-0.25, -0.2) is 0 Å². The summed E-state index contributed by atoms with van der Waals surface area (Å²) in [4.78, 5) is 14.3. The molecule has 22 heavy (non-hydrogen) atoms. The first-order valence-electron chi connectivity index (χ1n) is 7.29. The first-order chi connectivity index (χ1) is 10.6. The van der Waals surface area contributed by atoms with Crippen LogP contribution in [0.5, 0.6) is 0 Å². The Morgan fingerprint density at radius 2 is 1.73 bits per heavy atom. The number of nitrogens with zero attached hydrogens (tertiary/aromatic N) is 1. The number of halogens is 1. The van der Waals surface area contributed by atoms with E-state index >= 15 is 0 Å². The molecule has 0 aromatic heterocycles. The van der Waals surface area contributed by atoms with E-state index in [1.807, 2.05) is 42.5 Å². The molecule has 1 N–H and O–H groups in total. The maximum absolute atomic E-state index is 12.2. The minimum absolute atomic E-state index is 0.109. The molecule has 1 unspecified atom stereocenters. The first kappa shape index (κ1) is 16.9. The van der Waals surface area contributed by atoms with E-state index in [2.05, 4.69) is 52.4 Å². The van der Waals surface area contributed by atoms with E-state index in [9.17, 15) is 4.79 Å². The Morgan fingerprint density at radius 1 is 1.09 bits per heavy atom. The molecule has 116 valence electrons. The number of hydrogen-bond donors (Lipinski definition) is 1. The zero-order chi connectivity index (χ0) is 15.9. The van der Waals surface area contributed by atoms with Gasteiger partial charge >= 0.3 is 0 Å². The van der Waals surface area contributed by atoms with Crippen LogP contribution in [0.1, 0.15) is 22.0 Å². The lowest BCUT2D eigenvalue weighted by molar-refractivity contribution is 0.0988. The van der Waals surface area contributed by atoms with Gasteiger partial charge in [0.1, 0.15) is 0 Å². The molecule has 2 aromatic rings. The molecular formula is C18H21BrN2O. The zero-order valence-electron chi connectivity index (χ0n) is 12.9. The molecule has 0 radical (unpaired) electrons. The largest absolute Gasteiger partial charge is 0.308 e. The molecule has 2 aromatic carbocycles. The highest BCUT2D eigenvalue weighted by molar-refractivity contribution is 9.10. The van der Waals surface area contributed by atoms with Gasteiger partial charge in [-0.15, -0.1) is 0 Å². The summed E-state index contributed by atoms with van der Waals surface area (Å²) in [5, 5.41) is 3.28. The molecule has 0 fully saturated rings. The highest BCUT2D eigenvalue weighted by Gasteiger charge is 2.14. The molecule has 1 atom stereocenters. The molecule has 2 rings (SSSR count). The molecule has 4 heteroatoms. The fourth-order valence-corrected chi connectivity index (χ4v) is 2.60. The van der Waals surface area contributed by atoms with Crippen molar-refractivity contribution in [1.29, 1.82) is 0 Å². The smallest absolute Gasteiger partial charge is 0.176 e. The van der Waals surface area contributed by atoms with E-state index in [0.29, 0.717) is 6.54 Å². The third-order valence-electron chi connectivity index (χ3n) is 3.60. The molecule has 0 bridgehead atoms. The fraction of sp³-hybridized carbons (Fsp3) is 0.278. The number of carbonyl (C=O) groups excluding carboxylic acids is 1. The lowest BCUT2D eigenvalue weighted by Crippen LogP contribution is -2.33. The van der Waals surface area contributed by atoms with E-state index in [-0.39, 0.29) is 11.8 Å². The Morgan fingerprint density at radius 3 is 2.32 bits per heavy atom. The number of likely N-dealkylation sites (N-methyl/N-ethyl adjacent to an activating group) is 1. The SMILES string of the molecule is CN(C)C(CNCC(=O)c1ccc(Br)cc1)c1ccccc1. The number of Topliss-reactive ketones (excluding diaryl/α,β-unsaturated/α-hetero) is 1. The summed E-state index contributed by atoms with van der Waals surface area (Å²) in [7, 11) is 4.10. The van der Waals surface area contributed by atoms with E-state index in [0.717, 1.165) is 16.6 Å². The average molecular weight is 361 g/mol. The van der Waals surface area contributed by atoms with Gasteiger partial charge in [0.15, 0.2) is 5.78 Å². The van der Waals surface area contributed by atoms with E-state index < -0.39 is 0 Å². The van der Waals surface area contributed by atoms with Crippen molar-refractivity contribution in [1.82, 2.24) is 10.2 Å². The number of rotatable bonds is 7. The number of ketones is 1. The van der Waals surface area contributed by atoms with Gasteiger partial charge in [-0.2, -0.15) is 0 Å². The number of nitrogens with one attached hydrogen (secondary N) is 1. The van der Waals surface area contributed by atoms with Gasteiger partial charge in [-0.3, -0.25) is 4.79 Å². The third kappa shape index (κ3) is 4.77. The number of carbonyl (C=O) groups is 1. The molecule has 0 saturated heterocycles. The van der Waals surface area contributed by atoms with Crippen LogP contribution in [0.25, 0.3) is 0 Å². The van der Waals surface area contributed by atoms with Crippen LogP contribution in [0.2, 0.25) is 0 Å². The molecule has 0 aliphatic carbocycles. The highest BCUT2D eigenvalue weighted by atomic mass is 79.9. The summed E-state index contributed by atoms with van der Waals surface area (Å²) in [5.74, 6) is 0.109. The van der Waals surface area contributed by atoms with Crippen LogP contribution in [-0.2, 0) is 0 Å². The minimum Gasteiger partial charge on any atom is -0.308 e. The van der Waals surface area contributed by atoms with Gasteiger partial charge in [-0.05, 0) is 31.8 Å². The van der Waals surface area contributed by atoms with Crippen molar-refractivity contribution in [3.05, 3.63) is 70.2 Å². The molecular weight excluding hydrogens is 340 g/mol. The molecule has 0 aliphatic heterocycles. The van der Waals surface area contributed by atoms with Crippen molar-refractivity contribution in [3.63, 3.8) is 0 Å². The van der Waals surface area contributed by atoms with Gasteiger partial charge in [0, 0.05) is 22.6 Å². The minimum atomic E-state index is 0.109. The second-order valence-corrected chi connectivity index (χ2v) is 6.37. The van der Waals surface area contributed by atoms with Crippen LogP contribution in [0.15, 0.2) is 59.1 Å². The Kier molecular flexibility index (Phi) is 6.31. The van der Waals surface area contributed by atoms with E-state index in [4.69, 9.17) is 0 Å². The zero-order valence-corrected chi connectivity index (χ0v) is 14.5.